The van der Waals surface area contributed by atoms with E-state index < -0.39 is 0 Å². The first-order chi connectivity index (χ1) is 16.2. The highest BCUT2D eigenvalue weighted by atomic mass is 16.2. The number of carbonyl (C=O) groups excluding carboxylic acids is 2. The maximum atomic E-state index is 12.7. The number of nitrogens with one attached hydrogen (secondary N) is 1. The van der Waals surface area contributed by atoms with Crippen molar-refractivity contribution in [1.29, 1.82) is 0 Å². The Kier molecular flexibility index (Phi) is 6.28. The zero-order chi connectivity index (χ0) is 22.6. The van der Waals surface area contributed by atoms with Gasteiger partial charge in [0.15, 0.2) is 0 Å². The van der Waals surface area contributed by atoms with Crippen LogP contribution >= 0.6 is 0 Å². The lowest BCUT2D eigenvalue weighted by Crippen LogP contribution is -2.48. The molecule has 7 nitrogen and oxygen atoms in total. The first-order valence-electron chi connectivity index (χ1n) is 12.0. The standard InChI is InChI=1S/C26H31N5O2/c32-25(28-19-20-8-14-29-17-11-27-24(29)18-20)23-6-4-21(5-7-23)22-9-15-31(16-10-22)26(33)30-12-2-1-3-13-30/h4-8,11,14,17-18,22H,1-3,9-10,12-13,15-16,19H2,(H,28,32). The van der Waals surface area contributed by atoms with Gasteiger partial charge in [0.2, 0.25) is 0 Å². The Morgan fingerprint density at radius 3 is 2.39 bits per heavy atom. The number of piperidine rings is 2. The van der Waals surface area contributed by atoms with Gasteiger partial charge in [-0.05, 0) is 73.4 Å². The van der Waals surface area contributed by atoms with Gasteiger partial charge in [0.1, 0.15) is 5.65 Å². The van der Waals surface area contributed by atoms with E-state index >= 15 is 0 Å². The molecule has 4 heterocycles. The highest BCUT2D eigenvalue weighted by Gasteiger charge is 2.27. The van der Waals surface area contributed by atoms with Crippen LogP contribution in [-0.2, 0) is 6.54 Å². The van der Waals surface area contributed by atoms with Crippen molar-refractivity contribution in [3.05, 3.63) is 71.7 Å². The molecule has 0 spiro atoms. The number of hydrogen-bond donors (Lipinski definition) is 1. The predicted molar refractivity (Wildman–Crippen MR) is 127 cm³/mol. The van der Waals surface area contributed by atoms with Crippen molar-refractivity contribution in [2.75, 3.05) is 26.2 Å². The molecule has 0 atom stereocenters. The molecule has 0 bridgehead atoms. The van der Waals surface area contributed by atoms with Crippen LogP contribution in [-0.4, -0.2) is 57.3 Å². The molecule has 1 aromatic carbocycles. The molecule has 3 aromatic rings. The van der Waals surface area contributed by atoms with Crippen molar-refractivity contribution in [2.45, 2.75) is 44.6 Å². The summed E-state index contributed by atoms with van der Waals surface area (Å²) in [6.07, 6.45) is 11.0. The minimum atomic E-state index is -0.0771. The number of nitrogens with zero attached hydrogens (tertiary/aromatic N) is 4. The van der Waals surface area contributed by atoms with Gasteiger partial charge in [0, 0.05) is 56.9 Å². The van der Waals surface area contributed by atoms with Crippen LogP contribution in [0.1, 0.15) is 59.5 Å². The summed E-state index contributed by atoms with van der Waals surface area (Å²) >= 11 is 0. The average Bonchev–Trinajstić information content (AvgIpc) is 3.35. The van der Waals surface area contributed by atoms with E-state index in [0.29, 0.717) is 18.0 Å². The van der Waals surface area contributed by atoms with Crippen molar-refractivity contribution in [1.82, 2.24) is 24.5 Å². The van der Waals surface area contributed by atoms with E-state index in [9.17, 15) is 9.59 Å². The summed E-state index contributed by atoms with van der Waals surface area (Å²) in [4.78, 5) is 33.7. The molecule has 2 aromatic heterocycles. The Balaban J connectivity index is 1.12. The molecule has 1 N–H and O–H groups in total. The van der Waals surface area contributed by atoms with E-state index in [2.05, 4.69) is 22.4 Å². The number of urea groups is 1. The van der Waals surface area contributed by atoms with E-state index in [1.165, 1.54) is 12.0 Å². The van der Waals surface area contributed by atoms with Crippen molar-refractivity contribution >= 4 is 17.6 Å². The van der Waals surface area contributed by atoms with Crippen LogP contribution in [0, 0.1) is 0 Å². The first kappa shape index (κ1) is 21.5. The minimum Gasteiger partial charge on any atom is -0.348 e. The average molecular weight is 446 g/mol. The predicted octanol–water partition coefficient (Wildman–Crippen LogP) is 4.05. The van der Waals surface area contributed by atoms with Crippen molar-refractivity contribution in [2.24, 2.45) is 0 Å². The second-order valence-electron chi connectivity index (χ2n) is 9.12. The molecule has 33 heavy (non-hydrogen) atoms. The monoisotopic (exact) mass is 445 g/mol. The number of amides is 3. The highest BCUT2D eigenvalue weighted by Crippen LogP contribution is 2.29. The van der Waals surface area contributed by atoms with Gasteiger partial charge >= 0.3 is 6.03 Å². The fourth-order valence-corrected chi connectivity index (χ4v) is 4.94. The van der Waals surface area contributed by atoms with E-state index in [0.717, 1.165) is 63.1 Å². The van der Waals surface area contributed by atoms with Crippen LogP contribution in [0.3, 0.4) is 0 Å². The number of fused-ring (bicyclic) bond motifs is 1. The summed E-state index contributed by atoms with van der Waals surface area (Å²) in [5.41, 5.74) is 3.80. The summed E-state index contributed by atoms with van der Waals surface area (Å²) in [5, 5.41) is 3.00. The van der Waals surface area contributed by atoms with Gasteiger partial charge in [0.25, 0.3) is 5.91 Å². The van der Waals surface area contributed by atoms with Crippen LogP contribution in [0.4, 0.5) is 4.79 Å². The number of carbonyl (C=O) groups is 2. The van der Waals surface area contributed by atoms with Gasteiger partial charge in [-0.2, -0.15) is 0 Å². The van der Waals surface area contributed by atoms with Crippen LogP contribution in [0.2, 0.25) is 0 Å². The number of benzene rings is 1. The van der Waals surface area contributed by atoms with Gasteiger partial charge in [0.05, 0.1) is 0 Å². The van der Waals surface area contributed by atoms with Crippen LogP contribution in [0.15, 0.2) is 55.0 Å². The van der Waals surface area contributed by atoms with Crippen molar-refractivity contribution in [3.8, 4) is 0 Å². The van der Waals surface area contributed by atoms with E-state index in [4.69, 9.17) is 0 Å². The van der Waals surface area contributed by atoms with E-state index in [1.54, 1.807) is 6.20 Å². The van der Waals surface area contributed by atoms with Gasteiger partial charge in [-0.1, -0.05) is 12.1 Å². The molecule has 0 radical (unpaired) electrons. The molecule has 5 rings (SSSR count). The molecule has 2 saturated heterocycles. The topological polar surface area (TPSA) is 70.0 Å². The SMILES string of the molecule is O=C(NCc1ccn2ccnc2c1)c1ccc(C2CCN(C(=O)N3CCCCC3)CC2)cc1. The van der Waals surface area contributed by atoms with Gasteiger partial charge in [-0.3, -0.25) is 4.79 Å². The highest BCUT2D eigenvalue weighted by molar-refractivity contribution is 5.94. The third-order valence-corrected chi connectivity index (χ3v) is 6.95. The van der Waals surface area contributed by atoms with Crippen molar-refractivity contribution in [3.63, 3.8) is 0 Å². The fraction of sp³-hybridized carbons (Fsp3) is 0.423. The minimum absolute atomic E-state index is 0.0771. The Labute approximate surface area is 194 Å². The maximum Gasteiger partial charge on any atom is 0.319 e. The second-order valence-corrected chi connectivity index (χ2v) is 9.12. The summed E-state index contributed by atoms with van der Waals surface area (Å²) in [6, 6.07) is 12.1. The molecule has 0 unspecified atom stereocenters. The summed E-state index contributed by atoms with van der Waals surface area (Å²) < 4.78 is 1.94. The van der Waals surface area contributed by atoms with Crippen molar-refractivity contribution < 1.29 is 9.59 Å². The summed E-state index contributed by atoms with van der Waals surface area (Å²) in [5.74, 6) is 0.362. The molecule has 7 heteroatoms. The third-order valence-electron chi connectivity index (χ3n) is 6.95. The van der Waals surface area contributed by atoms with E-state index in [-0.39, 0.29) is 11.9 Å². The normalized spacial score (nSPS) is 17.3. The quantitative estimate of drug-likeness (QED) is 0.659. The van der Waals surface area contributed by atoms with Crippen LogP contribution in [0.25, 0.3) is 5.65 Å². The smallest absolute Gasteiger partial charge is 0.319 e. The molecule has 0 saturated carbocycles. The fourth-order valence-electron chi connectivity index (χ4n) is 4.94. The Hall–Kier alpha value is -3.35. The van der Waals surface area contributed by atoms with Gasteiger partial charge in [-0.15, -0.1) is 0 Å². The Bertz CT molecular complexity index is 1110. The van der Waals surface area contributed by atoms with Gasteiger partial charge in [-0.25, -0.2) is 9.78 Å². The Morgan fingerprint density at radius 2 is 1.64 bits per heavy atom. The molecule has 2 fully saturated rings. The number of pyridine rings is 1. The number of imidazole rings is 1. The van der Waals surface area contributed by atoms with E-state index in [1.807, 2.05) is 50.9 Å². The molecule has 2 aliphatic rings. The zero-order valence-corrected chi connectivity index (χ0v) is 18.9. The molecule has 2 aliphatic heterocycles. The zero-order valence-electron chi connectivity index (χ0n) is 18.9. The maximum absolute atomic E-state index is 12.7. The van der Waals surface area contributed by atoms with Crippen LogP contribution in [0.5, 0.6) is 0 Å². The third kappa shape index (κ3) is 4.87. The largest absolute Gasteiger partial charge is 0.348 e. The lowest BCUT2D eigenvalue weighted by atomic mass is 9.89. The molecular weight excluding hydrogens is 414 g/mol. The lowest BCUT2D eigenvalue weighted by Gasteiger charge is -2.37. The first-order valence-corrected chi connectivity index (χ1v) is 12.0. The molecular formula is C26H31N5O2. The number of hydrogen-bond acceptors (Lipinski definition) is 3. The number of rotatable bonds is 4. The Morgan fingerprint density at radius 1 is 0.909 bits per heavy atom. The van der Waals surface area contributed by atoms with Gasteiger partial charge < -0.3 is 19.5 Å². The summed E-state index contributed by atoms with van der Waals surface area (Å²) in [6.45, 7) is 3.89. The molecule has 172 valence electrons. The lowest BCUT2D eigenvalue weighted by molar-refractivity contribution is 0.0950. The molecule has 3 amide bonds. The molecule has 0 aliphatic carbocycles. The second kappa shape index (κ2) is 9.65. The number of aromatic nitrogens is 2. The summed E-state index contributed by atoms with van der Waals surface area (Å²) in [7, 11) is 0. The number of likely N-dealkylation sites (tertiary alicyclic amines) is 2. The van der Waals surface area contributed by atoms with Crippen LogP contribution < -0.4 is 5.32 Å².